The molecule has 5 heteroatoms. The molecule has 2 N–H and O–H groups in total. The molecule has 0 fully saturated rings. The lowest BCUT2D eigenvalue weighted by Crippen LogP contribution is -2.19. The highest BCUT2D eigenvalue weighted by Crippen LogP contribution is 2.29. The average molecular weight is 265 g/mol. The highest BCUT2D eigenvalue weighted by Gasteiger charge is 2.25. The van der Waals surface area contributed by atoms with Crippen LogP contribution >= 0.6 is 11.6 Å². The van der Waals surface area contributed by atoms with Gasteiger partial charge in [0, 0.05) is 10.4 Å². The molecule has 1 aromatic heterocycles. The molecule has 0 saturated heterocycles. The van der Waals surface area contributed by atoms with E-state index >= 15 is 0 Å². The lowest BCUT2D eigenvalue weighted by molar-refractivity contribution is 0.544. The van der Waals surface area contributed by atoms with Crippen LogP contribution in [0.15, 0.2) is 18.2 Å². The number of anilines is 1. The van der Waals surface area contributed by atoms with Crippen molar-refractivity contribution in [3.63, 3.8) is 0 Å². The molecular weight excluding hydrogens is 248 g/mol. The van der Waals surface area contributed by atoms with E-state index in [1.54, 1.807) is 4.68 Å². The Kier molecular flexibility index (Phi) is 3.07. The van der Waals surface area contributed by atoms with E-state index in [9.17, 15) is 0 Å². The molecule has 1 aromatic carbocycles. The molecule has 0 spiro atoms. The summed E-state index contributed by atoms with van der Waals surface area (Å²) in [7, 11) is 0. The zero-order chi connectivity index (χ0) is 13.5. The first-order valence-electron chi connectivity index (χ1n) is 5.79. The predicted molar refractivity (Wildman–Crippen MR) is 74.2 cm³/mol. The first-order chi connectivity index (χ1) is 8.30. The van der Waals surface area contributed by atoms with Crippen LogP contribution in [0.3, 0.4) is 0 Å². The number of rotatable bonds is 1. The van der Waals surface area contributed by atoms with Crippen molar-refractivity contribution in [2.24, 2.45) is 0 Å². The Hall–Kier alpha value is -1.55. The van der Waals surface area contributed by atoms with Crippen molar-refractivity contribution in [3.8, 4) is 5.69 Å². The molecule has 0 radical (unpaired) electrons. The zero-order valence-corrected chi connectivity index (χ0v) is 11.8. The molecule has 2 aromatic rings. The molecule has 0 saturated carbocycles. The van der Waals surface area contributed by atoms with E-state index in [0.29, 0.717) is 10.8 Å². The molecule has 96 valence electrons. The Bertz CT molecular complexity index is 581. The van der Waals surface area contributed by atoms with Gasteiger partial charge in [-0.05, 0) is 30.7 Å². The molecule has 4 nitrogen and oxygen atoms in total. The van der Waals surface area contributed by atoms with Gasteiger partial charge >= 0.3 is 0 Å². The first-order valence-corrected chi connectivity index (χ1v) is 6.16. The van der Waals surface area contributed by atoms with Crippen LogP contribution in [-0.4, -0.2) is 15.0 Å². The first kappa shape index (κ1) is 12.9. The summed E-state index contributed by atoms with van der Waals surface area (Å²) >= 11 is 5.97. The fraction of sp³-hybridized carbons (Fsp3) is 0.385. The Labute approximate surface area is 112 Å². The Balaban J connectivity index is 2.65. The summed E-state index contributed by atoms with van der Waals surface area (Å²) in [6.45, 7) is 8.25. The van der Waals surface area contributed by atoms with Gasteiger partial charge in [0.05, 0.1) is 11.4 Å². The van der Waals surface area contributed by atoms with E-state index in [0.717, 1.165) is 16.9 Å². The molecule has 0 bridgehead atoms. The van der Waals surface area contributed by atoms with Crippen LogP contribution in [0.2, 0.25) is 5.02 Å². The van der Waals surface area contributed by atoms with Gasteiger partial charge in [0.2, 0.25) is 0 Å². The van der Waals surface area contributed by atoms with Gasteiger partial charge in [0.1, 0.15) is 0 Å². The maximum atomic E-state index is 5.97. The third kappa shape index (κ3) is 2.20. The van der Waals surface area contributed by atoms with E-state index in [4.69, 9.17) is 17.3 Å². The minimum Gasteiger partial charge on any atom is -0.381 e. The lowest BCUT2D eigenvalue weighted by atomic mass is 9.91. The van der Waals surface area contributed by atoms with Gasteiger partial charge in [-0.3, -0.25) is 0 Å². The van der Waals surface area contributed by atoms with Crippen molar-refractivity contribution >= 4 is 17.4 Å². The molecule has 0 aliphatic carbocycles. The minimum atomic E-state index is -0.125. The second-order valence-electron chi connectivity index (χ2n) is 5.42. The molecule has 0 aliphatic rings. The topological polar surface area (TPSA) is 56.7 Å². The van der Waals surface area contributed by atoms with Crippen molar-refractivity contribution in [2.75, 3.05) is 5.73 Å². The number of hydrogen-bond donors (Lipinski definition) is 1. The number of aryl methyl sites for hydroxylation is 1. The van der Waals surface area contributed by atoms with E-state index < -0.39 is 0 Å². The maximum absolute atomic E-state index is 5.97. The van der Waals surface area contributed by atoms with Crippen molar-refractivity contribution in [1.82, 2.24) is 15.0 Å². The quantitative estimate of drug-likeness (QED) is 0.861. The molecule has 1 heterocycles. The number of halogens is 1. The van der Waals surface area contributed by atoms with Crippen molar-refractivity contribution in [2.45, 2.75) is 33.1 Å². The number of benzene rings is 1. The standard InChI is InChI=1S/C13H17ClN4/c1-8-7-9(14)5-6-10(8)18-11(13(2,3)4)12(15)16-17-18/h5-7H,15H2,1-4H3. The number of hydrogen-bond acceptors (Lipinski definition) is 3. The molecule has 0 atom stereocenters. The molecule has 2 rings (SSSR count). The number of aromatic nitrogens is 3. The lowest BCUT2D eigenvalue weighted by Gasteiger charge is -2.20. The maximum Gasteiger partial charge on any atom is 0.170 e. The third-order valence-electron chi connectivity index (χ3n) is 2.79. The summed E-state index contributed by atoms with van der Waals surface area (Å²) in [5, 5.41) is 8.83. The molecule has 0 amide bonds. The van der Waals surface area contributed by atoms with Gasteiger partial charge in [0.25, 0.3) is 0 Å². The van der Waals surface area contributed by atoms with Gasteiger partial charge in [-0.1, -0.05) is 37.6 Å². The van der Waals surface area contributed by atoms with Gasteiger partial charge in [-0.25, -0.2) is 4.68 Å². The number of nitrogen functional groups attached to an aromatic ring is 1. The average Bonchev–Trinajstić information content (AvgIpc) is 2.59. The summed E-state index contributed by atoms with van der Waals surface area (Å²) < 4.78 is 1.79. The third-order valence-corrected chi connectivity index (χ3v) is 3.03. The van der Waals surface area contributed by atoms with Gasteiger partial charge in [-0.2, -0.15) is 0 Å². The summed E-state index contributed by atoms with van der Waals surface area (Å²) in [6.07, 6.45) is 0. The van der Waals surface area contributed by atoms with Crippen LogP contribution in [0.5, 0.6) is 0 Å². The molecular formula is C13H17ClN4. The fourth-order valence-corrected chi connectivity index (χ4v) is 2.25. The normalized spacial score (nSPS) is 11.8. The summed E-state index contributed by atoms with van der Waals surface area (Å²) in [5.74, 6) is 0.469. The van der Waals surface area contributed by atoms with Crippen LogP contribution in [-0.2, 0) is 5.41 Å². The molecule has 0 aliphatic heterocycles. The SMILES string of the molecule is Cc1cc(Cl)ccc1-n1nnc(N)c1C(C)(C)C. The Morgan fingerprint density at radius 1 is 1.28 bits per heavy atom. The van der Waals surface area contributed by atoms with E-state index in [1.807, 2.05) is 25.1 Å². The van der Waals surface area contributed by atoms with E-state index in [2.05, 4.69) is 31.1 Å². The van der Waals surface area contributed by atoms with Gasteiger partial charge in [-0.15, -0.1) is 5.10 Å². The van der Waals surface area contributed by atoms with Gasteiger partial charge in [0.15, 0.2) is 5.82 Å². The Morgan fingerprint density at radius 2 is 1.94 bits per heavy atom. The van der Waals surface area contributed by atoms with E-state index in [1.165, 1.54) is 0 Å². The number of nitrogens with two attached hydrogens (primary N) is 1. The van der Waals surface area contributed by atoms with Crippen LogP contribution < -0.4 is 5.73 Å². The fourth-order valence-electron chi connectivity index (χ4n) is 2.02. The van der Waals surface area contributed by atoms with Crippen LogP contribution in [0, 0.1) is 6.92 Å². The Morgan fingerprint density at radius 3 is 2.50 bits per heavy atom. The summed E-state index contributed by atoms with van der Waals surface area (Å²) in [6, 6.07) is 5.68. The van der Waals surface area contributed by atoms with Crippen molar-refractivity contribution < 1.29 is 0 Å². The molecule has 0 unspecified atom stereocenters. The largest absolute Gasteiger partial charge is 0.381 e. The summed E-state index contributed by atoms with van der Waals surface area (Å²) in [5.41, 5.74) is 8.70. The zero-order valence-electron chi connectivity index (χ0n) is 11.0. The molecule has 18 heavy (non-hydrogen) atoms. The summed E-state index contributed by atoms with van der Waals surface area (Å²) in [4.78, 5) is 0. The van der Waals surface area contributed by atoms with Crippen LogP contribution in [0.25, 0.3) is 5.69 Å². The monoisotopic (exact) mass is 264 g/mol. The second-order valence-corrected chi connectivity index (χ2v) is 5.85. The minimum absolute atomic E-state index is 0.125. The van der Waals surface area contributed by atoms with Crippen LogP contribution in [0.4, 0.5) is 5.82 Å². The smallest absolute Gasteiger partial charge is 0.170 e. The van der Waals surface area contributed by atoms with Crippen LogP contribution in [0.1, 0.15) is 32.0 Å². The van der Waals surface area contributed by atoms with E-state index in [-0.39, 0.29) is 5.41 Å². The highest BCUT2D eigenvalue weighted by molar-refractivity contribution is 6.30. The van der Waals surface area contributed by atoms with Crippen molar-refractivity contribution in [1.29, 1.82) is 0 Å². The number of nitrogens with zero attached hydrogens (tertiary/aromatic N) is 3. The predicted octanol–water partition coefficient (Wildman–Crippen LogP) is 3.11. The second kappa shape index (κ2) is 4.28. The highest BCUT2D eigenvalue weighted by atomic mass is 35.5. The van der Waals surface area contributed by atoms with Crippen molar-refractivity contribution in [3.05, 3.63) is 34.5 Å². The van der Waals surface area contributed by atoms with Gasteiger partial charge < -0.3 is 5.73 Å².